The topological polar surface area (TPSA) is 43.8 Å². The van der Waals surface area contributed by atoms with Crippen LogP contribution >= 0.6 is 0 Å². The van der Waals surface area contributed by atoms with Gasteiger partial charge in [0.15, 0.2) is 0 Å². The van der Waals surface area contributed by atoms with Gasteiger partial charge in [-0.3, -0.25) is 0 Å². The molecule has 5 heteroatoms. The summed E-state index contributed by atoms with van der Waals surface area (Å²) in [5.74, 6) is -1.55. The van der Waals surface area contributed by atoms with E-state index < -0.39 is 11.8 Å². The van der Waals surface area contributed by atoms with Crippen LogP contribution < -0.4 is 4.90 Å². The van der Waals surface area contributed by atoms with E-state index in [9.17, 15) is 9.18 Å². The van der Waals surface area contributed by atoms with Crippen molar-refractivity contribution < 1.29 is 14.3 Å². The minimum atomic E-state index is -1.09. The first kappa shape index (κ1) is 12.8. The van der Waals surface area contributed by atoms with Crippen LogP contribution in [0, 0.1) is 5.82 Å². The van der Waals surface area contributed by atoms with Crippen LogP contribution in [0.2, 0.25) is 0 Å². The highest BCUT2D eigenvalue weighted by atomic mass is 19.1. The van der Waals surface area contributed by atoms with Gasteiger partial charge in [-0.1, -0.05) is 6.07 Å². The van der Waals surface area contributed by atoms with E-state index in [2.05, 4.69) is 4.90 Å². The van der Waals surface area contributed by atoms with E-state index in [0.717, 1.165) is 13.1 Å². The van der Waals surface area contributed by atoms with Gasteiger partial charge in [0.1, 0.15) is 5.82 Å². The lowest BCUT2D eigenvalue weighted by Crippen LogP contribution is -2.51. The molecule has 1 atom stereocenters. The van der Waals surface area contributed by atoms with Crippen LogP contribution in [0.15, 0.2) is 18.2 Å². The average Bonchev–Trinajstić information content (AvgIpc) is 2.29. The Balaban J connectivity index is 2.41. The monoisotopic (exact) mass is 252 g/mol. The number of carbonyl (C=O) groups is 1. The van der Waals surface area contributed by atoms with Crippen molar-refractivity contribution in [3.63, 3.8) is 0 Å². The van der Waals surface area contributed by atoms with Crippen molar-refractivity contribution in [3.8, 4) is 0 Å². The summed E-state index contributed by atoms with van der Waals surface area (Å²) in [6.45, 7) is 4.22. The van der Waals surface area contributed by atoms with Crippen LogP contribution in [-0.2, 0) is 0 Å². The first-order chi connectivity index (χ1) is 8.50. The number of piperazine rings is 1. The van der Waals surface area contributed by atoms with Gasteiger partial charge in [0, 0.05) is 25.7 Å². The van der Waals surface area contributed by atoms with Gasteiger partial charge in [-0.05, 0) is 26.1 Å². The molecule has 0 aliphatic carbocycles. The number of benzene rings is 1. The summed E-state index contributed by atoms with van der Waals surface area (Å²) in [5, 5.41) is 9.16. The highest BCUT2D eigenvalue weighted by molar-refractivity contribution is 5.94. The van der Waals surface area contributed by atoms with Crippen molar-refractivity contribution in [1.29, 1.82) is 0 Å². The Kier molecular flexibility index (Phi) is 3.52. The normalized spacial score (nSPS) is 21.1. The molecule has 1 aliphatic rings. The molecule has 0 saturated carbocycles. The minimum Gasteiger partial charge on any atom is -0.478 e. The third-order valence-corrected chi connectivity index (χ3v) is 3.33. The zero-order chi connectivity index (χ0) is 13.3. The molecule has 1 fully saturated rings. The Hall–Kier alpha value is -1.62. The molecular weight excluding hydrogens is 235 g/mol. The van der Waals surface area contributed by atoms with Gasteiger partial charge in [0.2, 0.25) is 0 Å². The molecule has 1 unspecified atom stereocenters. The van der Waals surface area contributed by atoms with E-state index in [0.29, 0.717) is 6.54 Å². The van der Waals surface area contributed by atoms with E-state index in [-0.39, 0.29) is 17.3 Å². The fraction of sp³-hybridized carbons (Fsp3) is 0.462. The maximum Gasteiger partial charge on any atom is 0.337 e. The first-order valence-corrected chi connectivity index (χ1v) is 5.97. The van der Waals surface area contributed by atoms with Gasteiger partial charge in [0.05, 0.1) is 11.3 Å². The SMILES string of the molecule is CC1CN(C)CCN1c1c(F)cccc1C(=O)O. The number of anilines is 1. The number of halogens is 1. The predicted octanol–water partition coefficient (Wildman–Crippen LogP) is 1.66. The van der Waals surface area contributed by atoms with Gasteiger partial charge < -0.3 is 14.9 Å². The lowest BCUT2D eigenvalue weighted by Gasteiger charge is -2.40. The van der Waals surface area contributed by atoms with Crippen LogP contribution in [0.1, 0.15) is 17.3 Å². The van der Waals surface area contributed by atoms with Crippen molar-refractivity contribution in [2.45, 2.75) is 13.0 Å². The summed E-state index contributed by atoms with van der Waals surface area (Å²) in [4.78, 5) is 15.2. The quantitative estimate of drug-likeness (QED) is 0.869. The Morgan fingerprint density at radius 2 is 2.17 bits per heavy atom. The third kappa shape index (κ3) is 2.31. The van der Waals surface area contributed by atoms with E-state index in [1.807, 2.05) is 18.9 Å². The second-order valence-corrected chi connectivity index (χ2v) is 4.75. The first-order valence-electron chi connectivity index (χ1n) is 5.97. The number of rotatable bonds is 2. The molecule has 98 valence electrons. The molecule has 0 spiro atoms. The molecule has 2 rings (SSSR count). The summed E-state index contributed by atoms with van der Waals surface area (Å²) in [5.41, 5.74) is 0.247. The molecule has 1 aromatic rings. The molecule has 1 aromatic carbocycles. The molecule has 0 aromatic heterocycles. The number of carboxylic acid groups (broad SMARTS) is 1. The van der Waals surface area contributed by atoms with Gasteiger partial charge in [-0.2, -0.15) is 0 Å². The maximum atomic E-state index is 13.9. The Morgan fingerprint density at radius 1 is 1.44 bits per heavy atom. The smallest absolute Gasteiger partial charge is 0.337 e. The van der Waals surface area contributed by atoms with Crippen LogP contribution in [0.3, 0.4) is 0 Å². The fourth-order valence-corrected chi connectivity index (χ4v) is 2.45. The summed E-state index contributed by atoms with van der Waals surface area (Å²) in [6.07, 6.45) is 0. The second-order valence-electron chi connectivity index (χ2n) is 4.75. The predicted molar refractivity (Wildman–Crippen MR) is 67.7 cm³/mol. The number of hydrogen-bond acceptors (Lipinski definition) is 3. The molecule has 0 bridgehead atoms. The molecule has 0 radical (unpaired) electrons. The van der Waals surface area contributed by atoms with Crippen LogP contribution in [0.25, 0.3) is 0 Å². The molecule has 1 aliphatic heterocycles. The summed E-state index contributed by atoms with van der Waals surface area (Å²) >= 11 is 0. The van der Waals surface area contributed by atoms with E-state index in [1.54, 1.807) is 0 Å². The number of para-hydroxylation sites is 1. The number of aromatic carboxylic acids is 1. The van der Waals surface area contributed by atoms with Gasteiger partial charge >= 0.3 is 5.97 Å². The third-order valence-electron chi connectivity index (χ3n) is 3.33. The Bertz CT molecular complexity index is 464. The van der Waals surface area contributed by atoms with E-state index in [4.69, 9.17) is 5.11 Å². The maximum absolute atomic E-state index is 13.9. The number of carboxylic acids is 1. The molecule has 18 heavy (non-hydrogen) atoms. The van der Waals surface area contributed by atoms with Gasteiger partial charge in [0.25, 0.3) is 0 Å². The van der Waals surface area contributed by atoms with E-state index >= 15 is 0 Å². The second kappa shape index (κ2) is 4.94. The number of likely N-dealkylation sites (N-methyl/N-ethyl adjacent to an activating group) is 1. The number of nitrogens with zero attached hydrogens (tertiary/aromatic N) is 2. The van der Waals surface area contributed by atoms with Gasteiger partial charge in [-0.25, -0.2) is 9.18 Å². The standard InChI is InChI=1S/C13H17FN2O2/c1-9-8-15(2)6-7-16(9)12-10(13(17)18)4-3-5-11(12)14/h3-5,9H,6-8H2,1-2H3,(H,17,18). The van der Waals surface area contributed by atoms with Gasteiger partial charge in [-0.15, -0.1) is 0 Å². The van der Waals surface area contributed by atoms with Crippen LogP contribution in [0.5, 0.6) is 0 Å². The lowest BCUT2D eigenvalue weighted by atomic mass is 10.1. The molecule has 0 amide bonds. The highest BCUT2D eigenvalue weighted by Crippen LogP contribution is 2.27. The highest BCUT2D eigenvalue weighted by Gasteiger charge is 2.27. The largest absolute Gasteiger partial charge is 0.478 e. The molecule has 1 N–H and O–H groups in total. The summed E-state index contributed by atoms with van der Waals surface area (Å²) in [7, 11) is 2.01. The Labute approximate surface area is 106 Å². The van der Waals surface area contributed by atoms with Crippen molar-refractivity contribution in [2.24, 2.45) is 0 Å². The minimum absolute atomic E-state index is 0.0337. The van der Waals surface area contributed by atoms with Crippen LogP contribution in [-0.4, -0.2) is 48.7 Å². The molecule has 1 heterocycles. The molecule has 4 nitrogen and oxygen atoms in total. The van der Waals surface area contributed by atoms with Crippen molar-refractivity contribution >= 4 is 11.7 Å². The lowest BCUT2D eigenvalue weighted by molar-refractivity contribution is 0.0696. The zero-order valence-corrected chi connectivity index (χ0v) is 10.6. The number of hydrogen-bond donors (Lipinski definition) is 1. The summed E-state index contributed by atoms with van der Waals surface area (Å²) in [6, 6.07) is 4.29. The van der Waals surface area contributed by atoms with E-state index in [1.165, 1.54) is 18.2 Å². The van der Waals surface area contributed by atoms with Crippen molar-refractivity contribution in [2.75, 3.05) is 31.6 Å². The van der Waals surface area contributed by atoms with Crippen molar-refractivity contribution in [3.05, 3.63) is 29.6 Å². The molecule has 1 saturated heterocycles. The Morgan fingerprint density at radius 3 is 2.78 bits per heavy atom. The average molecular weight is 252 g/mol. The summed E-state index contributed by atoms with van der Waals surface area (Å²) < 4.78 is 13.9. The van der Waals surface area contributed by atoms with Crippen molar-refractivity contribution in [1.82, 2.24) is 4.90 Å². The zero-order valence-electron chi connectivity index (χ0n) is 10.6. The fourth-order valence-electron chi connectivity index (χ4n) is 2.45. The molecular formula is C13H17FN2O2. The van der Waals surface area contributed by atoms with Crippen LogP contribution in [0.4, 0.5) is 10.1 Å².